The molecule has 90 valence electrons. The summed E-state index contributed by atoms with van der Waals surface area (Å²) in [4.78, 5) is 2.29. The maximum Gasteiger partial charge on any atom is 0.0220 e. The van der Waals surface area contributed by atoms with E-state index in [0.717, 1.165) is 24.4 Å². The number of hydrogen-bond donors (Lipinski definition) is 1. The molecule has 1 aliphatic rings. The lowest BCUT2D eigenvalue weighted by molar-refractivity contribution is 0.257. The van der Waals surface area contributed by atoms with Gasteiger partial charge in [-0.2, -0.15) is 0 Å². The van der Waals surface area contributed by atoms with Crippen LogP contribution in [0.3, 0.4) is 0 Å². The van der Waals surface area contributed by atoms with Gasteiger partial charge in [-0.25, -0.2) is 0 Å². The van der Waals surface area contributed by atoms with E-state index in [0.29, 0.717) is 6.04 Å². The summed E-state index contributed by atoms with van der Waals surface area (Å²) in [5.41, 5.74) is 0. The third kappa shape index (κ3) is 4.52. The smallest absolute Gasteiger partial charge is 0.0220 e. The van der Waals surface area contributed by atoms with E-state index in [9.17, 15) is 0 Å². The van der Waals surface area contributed by atoms with E-state index in [4.69, 9.17) is 0 Å². The van der Waals surface area contributed by atoms with Crippen LogP contribution in [-0.4, -0.2) is 37.6 Å². The van der Waals surface area contributed by atoms with Crippen molar-refractivity contribution in [1.29, 1.82) is 0 Å². The van der Waals surface area contributed by atoms with Crippen molar-refractivity contribution in [3.8, 4) is 0 Å². The fraction of sp³-hybridized carbons (Fsp3) is 1.00. The van der Waals surface area contributed by atoms with Crippen LogP contribution in [0.15, 0.2) is 0 Å². The molecule has 0 aromatic heterocycles. The van der Waals surface area contributed by atoms with Crippen molar-refractivity contribution in [2.24, 2.45) is 11.8 Å². The average molecular weight is 212 g/mol. The summed E-state index contributed by atoms with van der Waals surface area (Å²) < 4.78 is 0. The molecule has 0 radical (unpaired) electrons. The van der Waals surface area contributed by atoms with Crippen LogP contribution in [0.5, 0.6) is 0 Å². The molecule has 0 spiro atoms. The average Bonchev–Trinajstić information content (AvgIpc) is 2.94. The van der Waals surface area contributed by atoms with E-state index in [-0.39, 0.29) is 0 Å². The Bertz CT molecular complexity index is 173. The second-order valence-corrected chi connectivity index (χ2v) is 5.63. The first kappa shape index (κ1) is 13.0. The quantitative estimate of drug-likeness (QED) is 0.697. The molecular weight excluding hydrogens is 184 g/mol. The molecule has 1 saturated carbocycles. The molecule has 0 aliphatic heterocycles. The lowest BCUT2D eigenvalue weighted by atomic mass is 10.0. The van der Waals surface area contributed by atoms with E-state index in [2.05, 4.69) is 45.1 Å². The summed E-state index contributed by atoms with van der Waals surface area (Å²) in [5.74, 6) is 1.69. The van der Waals surface area contributed by atoms with Gasteiger partial charge in [0.1, 0.15) is 0 Å². The molecule has 2 nitrogen and oxygen atoms in total. The third-order valence-corrected chi connectivity index (χ3v) is 3.43. The number of hydrogen-bond acceptors (Lipinski definition) is 2. The van der Waals surface area contributed by atoms with Gasteiger partial charge in [0.2, 0.25) is 0 Å². The molecule has 1 N–H and O–H groups in total. The molecule has 2 unspecified atom stereocenters. The highest BCUT2D eigenvalue weighted by Gasteiger charge is 2.31. The molecule has 15 heavy (non-hydrogen) atoms. The van der Waals surface area contributed by atoms with Gasteiger partial charge in [0.05, 0.1) is 0 Å². The van der Waals surface area contributed by atoms with Crippen LogP contribution in [0.4, 0.5) is 0 Å². The second kappa shape index (κ2) is 5.86. The minimum Gasteiger partial charge on any atom is -0.309 e. The van der Waals surface area contributed by atoms with Gasteiger partial charge in [-0.3, -0.25) is 0 Å². The van der Waals surface area contributed by atoms with Gasteiger partial charge < -0.3 is 10.2 Å². The van der Waals surface area contributed by atoms with E-state index < -0.39 is 0 Å². The minimum absolute atomic E-state index is 0.644. The van der Waals surface area contributed by atoms with E-state index in [1.165, 1.54) is 19.3 Å². The fourth-order valence-electron chi connectivity index (χ4n) is 2.21. The molecule has 1 aliphatic carbocycles. The van der Waals surface area contributed by atoms with Gasteiger partial charge in [0, 0.05) is 18.6 Å². The maximum atomic E-state index is 3.85. The SMILES string of the molecule is CCC(NC(CN(C)C)C(C)C)C1CC1. The van der Waals surface area contributed by atoms with E-state index in [1.54, 1.807) is 0 Å². The summed E-state index contributed by atoms with van der Waals surface area (Å²) in [6, 6.07) is 1.41. The zero-order valence-corrected chi connectivity index (χ0v) is 11.1. The predicted molar refractivity (Wildman–Crippen MR) is 67.1 cm³/mol. The van der Waals surface area contributed by atoms with Crippen LogP contribution < -0.4 is 5.32 Å². The molecule has 0 bridgehead atoms. The van der Waals surface area contributed by atoms with Gasteiger partial charge in [-0.05, 0) is 45.2 Å². The molecule has 0 aromatic rings. The van der Waals surface area contributed by atoms with Crippen LogP contribution in [0, 0.1) is 11.8 Å². The number of nitrogens with zero attached hydrogens (tertiary/aromatic N) is 1. The topological polar surface area (TPSA) is 15.3 Å². The Morgan fingerprint density at radius 3 is 2.20 bits per heavy atom. The third-order valence-electron chi connectivity index (χ3n) is 3.43. The zero-order valence-electron chi connectivity index (χ0n) is 11.1. The van der Waals surface area contributed by atoms with Crippen LogP contribution >= 0.6 is 0 Å². The molecule has 2 heteroatoms. The number of likely N-dealkylation sites (N-methyl/N-ethyl adjacent to an activating group) is 1. The Balaban J connectivity index is 2.40. The summed E-state index contributed by atoms with van der Waals surface area (Å²) in [7, 11) is 4.32. The van der Waals surface area contributed by atoms with Crippen molar-refractivity contribution < 1.29 is 0 Å². The van der Waals surface area contributed by atoms with Crippen molar-refractivity contribution >= 4 is 0 Å². The van der Waals surface area contributed by atoms with Gasteiger partial charge in [0.15, 0.2) is 0 Å². The lowest BCUT2D eigenvalue weighted by Crippen LogP contribution is -2.47. The molecule has 1 rings (SSSR count). The Morgan fingerprint density at radius 2 is 1.87 bits per heavy atom. The van der Waals surface area contributed by atoms with Crippen molar-refractivity contribution in [3.05, 3.63) is 0 Å². The summed E-state index contributed by atoms with van der Waals surface area (Å²) in [6.45, 7) is 8.10. The molecule has 1 fully saturated rings. The largest absolute Gasteiger partial charge is 0.309 e. The molecule has 0 amide bonds. The van der Waals surface area contributed by atoms with Gasteiger partial charge in [-0.1, -0.05) is 20.8 Å². The van der Waals surface area contributed by atoms with Crippen molar-refractivity contribution in [2.75, 3.05) is 20.6 Å². The molecule has 0 aromatic carbocycles. The molecule has 0 heterocycles. The maximum absolute atomic E-state index is 3.85. The highest BCUT2D eigenvalue weighted by molar-refractivity contribution is 4.88. The molecule has 2 atom stereocenters. The monoisotopic (exact) mass is 212 g/mol. The van der Waals surface area contributed by atoms with Crippen molar-refractivity contribution in [3.63, 3.8) is 0 Å². The van der Waals surface area contributed by atoms with E-state index in [1.807, 2.05) is 0 Å². The Morgan fingerprint density at radius 1 is 1.27 bits per heavy atom. The van der Waals surface area contributed by atoms with Crippen molar-refractivity contribution in [1.82, 2.24) is 10.2 Å². The summed E-state index contributed by atoms with van der Waals surface area (Å²) >= 11 is 0. The first-order valence-electron chi connectivity index (χ1n) is 6.45. The van der Waals surface area contributed by atoms with Crippen LogP contribution in [0.1, 0.15) is 40.0 Å². The summed E-state index contributed by atoms with van der Waals surface area (Å²) in [6.07, 6.45) is 4.16. The van der Waals surface area contributed by atoms with Gasteiger partial charge in [0.25, 0.3) is 0 Å². The van der Waals surface area contributed by atoms with Gasteiger partial charge in [-0.15, -0.1) is 0 Å². The standard InChI is InChI=1S/C13H28N2/c1-6-12(11-7-8-11)14-13(10(2)3)9-15(4)5/h10-14H,6-9H2,1-5H3. The fourth-order valence-corrected chi connectivity index (χ4v) is 2.21. The summed E-state index contributed by atoms with van der Waals surface area (Å²) in [5, 5.41) is 3.85. The first-order chi connectivity index (χ1) is 7.04. The Labute approximate surface area is 95.4 Å². The van der Waals surface area contributed by atoms with E-state index >= 15 is 0 Å². The number of rotatable bonds is 7. The molecular formula is C13H28N2. The van der Waals surface area contributed by atoms with Crippen LogP contribution in [0.25, 0.3) is 0 Å². The van der Waals surface area contributed by atoms with Gasteiger partial charge >= 0.3 is 0 Å². The Hall–Kier alpha value is -0.0800. The highest BCUT2D eigenvalue weighted by atomic mass is 15.1. The van der Waals surface area contributed by atoms with Crippen molar-refractivity contribution in [2.45, 2.75) is 52.1 Å². The number of nitrogens with one attached hydrogen (secondary N) is 1. The normalized spacial score (nSPS) is 21.0. The second-order valence-electron chi connectivity index (χ2n) is 5.63. The molecule has 0 saturated heterocycles. The minimum atomic E-state index is 0.644. The highest BCUT2D eigenvalue weighted by Crippen LogP contribution is 2.34. The van der Waals surface area contributed by atoms with Crippen LogP contribution in [-0.2, 0) is 0 Å². The Kier molecular flexibility index (Phi) is 5.07. The predicted octanol–water partition coefficient (Wildman–Crippen LogP) is 2.35. The zero-order chi connectivity index (χ0) is 11.4. The van der Waals surface area contributed by atoms with Crippen LogP contribution in [0.2, 0.25) is 0 Å². The lowest BCUT2D eigenvalue weighted by Gasteiger charge is -2.30. The first-order valence-corrected chi connectivity index (χ1v) is 6.45.